The van der Waals surface area contributed by atoms with Crippen molar-refractivity contribution in [2.75, 3.05) is 19.5 Å². The van der Waals surface area contributed by atoms with Crippen LogP contribution < -0.4 is 0 Å². The fraction of sp³-hybridized carbons (Fsp3) is 0.667. The molecule has 0 aromatic heterocycles. The molecule has 0 saturated carbocycles. The number of hydrogen-bond acceptors (Lipinski definition) is 2. The van der Waals surface area contributed by atoms with Crippen LogP contribution in [0.1, 0.15) is 13.3 Å². The zero-order chi connectivity index (χ0) is 9.40. The molecule has 1 atom stereocenters. The maximum Gasteiger partial charge on any atom is 0.0638 e. The third-order valence-corrected chi connectivity index (χ3v) is 1.97. The number of nitrogens with zero attached hydrogens (tertiary/aromatic N) is 2. The maximum atomic E-state index is 8.44. The first-order valence-electron chi connectivity index (χ1n) is 4.00. The fourth-order valence-electron chi connectivity index (χ4n) is 0.772. The number of allylic oxidation sites excluding steroid dienone is 1. The molecule has 3 heteroatoms. The van der Waals surface area contributed by atoms with Gasteiger partial charge in [-0.1, -0.05) is 12.2 Å². The fourth-order valence-corrected chi connectivity index (χ4v) is 0.898. The second-order valence-electron chi connectivity index (χ2n) is 2.78. The van der Waals surface area contributed by atoms with Gasteiger partial charge in [-0.3, -0.25) is 4.90 Å². The van der Waals surface area contributed by atoms with Crippen molar-refractivity contribution < 1.29 is 0 Å². The average molecular weight is 187 g/mol. The van der Waals surface area contributed by atoms with Gasteiger partial charge >= 0.3 is 0 Å². The molecule has 0 aromatic rings. The van der Waals surface area contributed by atoms with E-state index in [1.807, 2.05) is 26.1 Å². The van der Waals surface area contributed by atoms with Crippen LogP contribution in [-0.4, -0.2) is 30.4 Å². The second-order valence-corrected chi connectivity index (χ2v) is 3.09. The Balaban J connectivity index is 3.64. The molecule has 1 unspecified atom stereocenters. The summed E-state index contributed by atoms with van der Waals surface area (Å²) in [7, 11) is 2.00. The summed E-state index contributed by atoms with van der Waals surface area (Å²) in [5.74, 6) is 0.556. The first kappa shape index (κ1) is 11.5. The van der Waals surface area contributed by atoms with Gasteiger partial charge in [0.1, 0.15) is 0 Å². The largest absolute Gasteiger partial charge is 0.299 e. The monoisotopic (exact) mass is 186 g/mol. The molecule has 0 fully saturated rings. The normalized spacial score (nSPS) is 13.6. The number of likely N-dealkylation sites (N-methyl/N-ethyl adjacent to an activating group) is 1. The van der Waals surface area contributed by atoms with Crippen molar-refractivity contribution in [3.63, 3.8) is 0 Å². The predicted molar refractivity (Wildman–Crippen MR) is 52.2 cm³/mol. The van der Waals surface area contributed by atoms with Gasteiger partial charge in [-0.05, 0) is 14.0 Å². The van der Waals surface area contributed by atoms with E-state index in [9.17, 15) is 0 Å². The third-order valence-electron chi connectivity index (χ3n) is 1.79. The van der Waals surface area contributed by atoms with E-state index in [-0.39, 0.29) is 0 Å². The van der Waals surface area contributed by atoms with Crippen LogP contribution in [0.5, 0.6) is 0 Å². The Morgan fingerprint density at radius 2 is 2.25 bits per heavy atom. The van der Waals surface area contributed by atoms with Crippen LogP contribution in [0.4, 0.5) is 0 Å². The van der Waals surface area contributed by atoms with Crippen LogP contribution in [0.25, 0.3) is 0 Å². The molecule has 0 aromatic carbocycles. The van der Waals surface area contributed by atoms with Crippen LogP contribution >= 0.6 is 11.6 Å². The summed E-state index contributed by atoms with van der Waals surface area (Å²) < 4.78 is 0. The van der Waals surface area contributed by atoms with Crippen molar-refractivity contribution in [1.82, 2.24) is 4.90 Å². The second kappa shape index (κ2) is 7.15. The Morgan fingerprint density at radius 3 is 2.75 bits per heavy atom. The standard InChI is InChI=1S/C9H15ClN2/c1-9(5-7-11)12(2)8-4-3-6-10/h3-4,9H,5-6,8H2,1-2H3. The molecule has 0 bridgehead atoms. The SMILES string of the molecule is CC(CC#N)N(C)CC=CCCl. The zero-order valence-electron chi connectivity index (χ0n) is 7.63. The average Bonchev–Trinajstić information content (AvgIpc) is 2.05. The first-order valence-corrected chi connectivity index (χ1v) is 4.54. The minimum absolute atomic E-state index is 0.315. The van der Waals surface area contributed by atoms with Crippen molar-refractivity contribution in [3.05, 3.63) is 12.2 Å². The molecule has 0 rings (SSSR count). The van der Waals surface area contributed by atoms with E-state index in [4.69, 9.17) is 16.9 Å². The Labute approximate surface area is 79.4 Å². The highest BCUT2D eigenvalue weighted by molar-refractivity contribution is 6.18. The van der Waals surface area contributed by atoms with Gasteiger partial charge in [-0.2, -0.15) is 5.26 Å². The van der Waals surface area contributed by atoms with E-state index in [0.717, 1.165) is 6.54 Å². The maximum absolute atomic E-state index is 8.44. The summed E-state index contributed by atoms with van der Waals surface area (Å²) in [5.41, 5.74) is 0. The lowest BCUT2D eigenvalue weighted by atomic mass is 10.2. The highest BCUT2D eigenvalue weighted by Gasteiger charge is 2.05. The Bertz CT molecular complexity index is 172. The molecule has 0 aliphatic heterocycles. The highest BCUT2D eigenvalue weighted by Crippen LogP contribution is 1.99. The molecule has 12 heavy (non-hydrogen) atoms. The number of rotatable bonds is 5. The van der Waals surface area contributed by atoms with E-state index in [1.54, 1.807) is 0 Å². The van der Waals surface area contributed by atoms with Gasteiger partial charge in [0.05, 0.1) is 12.5 Å². The van der Waals surface area contributed by atoms with E-state index < -0.39 is 0 Å². The topological polar surface area (TPSA) is 27.0 Å². The molecule has 68 valence electrons. The lowest BCUT2D eigenvalue weighted by Gasteiger charge is -2.20. The minimum Gasteiger partial charge on any atom is -0.299 e. The van der Waals surface area contributed by atoms with Crippen LogP contribution in [0.2, 0.25) is 0 Å². The minimum atomic E-state index is 0.315. The Morgan fingerprint density at radius 1 is 1.58 bits per heavy atom. The van der Waals surface area contributed by atoms with Crippen LogP contribution in [0, 0.1) is 11.3 Å². The molecule has 0 aliphatic rings. The van der Waals surface area contributed by atoms with Gasteiger partial charge in [0.2, 0.25) is 0 Å². The van der Waals surface area contributed by atoms with Crippen molar-refractivity contribution in [2.24, 2.45) is 0 Å². The molecule has 2 nitrogen and oxygen atoms in total. The van der Waals surface area contributed by atoms with E-state index in [1.165, 1.54) is 0 Å². The van der Waals surface area contributed by atoms with Crippen molar-refractivity contribution in [1.29, 1.82) is 5.26 Å². The summed E-state index contributed by atoms with van der Waals surface area (Å²) in [6.45, 7) is 2.90. The summed E-state index contributed by atoms with van der Waals surface area (Å²) in [4.78, 5) is 2.12. The molecule has 0 aliphatic carbocycles. The molecular formula is C9H15ClN2. The quantitative estimate of drug-likeness (QED) is 0.485. The van der Waals surface area contributed by atoms with E-state index in [2.05, 4.69) is 11.0 Å². The van der Waals surface area contributed by atoms with Gasteiger partial charge in [0.25, 0.3) is 0 Å². The smallest absolute Gasteiger partial charge is 0.0638 e. The van der Waals surface area contributed by atoms with Crippen LogP contribution in [0.15, 0.2) is 12.2 Å². The Kier molecular flexibility index (Phi) is 6.84. The molecule has 0 N–H and O–H groups in total. The predicted octanol–water partition coefficient (Wildman–Crippen LogP) is 2.02. The molecule has 0 spiro atoms. The summed E-state index contributed by atoms with van der Waals surface area (Å²) >= 11 is 5.47. The highest BCUT2D eigenvalue weighted by atomic mass is 35.5. The number of hydrogen-bond donors (Lipinski definition) is 0. The van der Waals surface area contributed by atoms with Crippen molar-refractivity contribution in [3.8, 4) is 6.07 Å². The molecule has 0 heterocycles. The van der Waals surface area contributed by atoms with Crippen LogP contribution in [0.3, 0.4) is 0 Å². The Hall–Kier alpha value is -0.520. The number of alkyl halides is 1. The molecule has 0 amide bonds. The summed E-state index contributed by atoms with van der Waals surface area (Å²) in [6, 6.07) is 2.46. The molecular weight excluding hydrogens is 172 g/mol. The number of halogens is 1. The molecule has 0 saturated heterocycles. The van der Waals surface area contributed by atoms with E-state index in [0.29, 0.717) is 18.3 Å². The first-order chi connectivity index (χ1) is 5.72. The zero-order valence-corrected chi connectivity index (χ0v) is 8.38. The lowest BCUT2D eigenvalue weighted by molar-refractivity contribution is 0.288. The molecule has 0 radical (unpaired) electrons. The van der Waals surface area contributed by atoms with Gasteiger partial charge in [0.15, 0.2) is 0 Å². The van der Waals surface area contributed by atoms with Crippen molar-refractivity contribution in [2.45, 2.75) is 19.4 Å². The summed E-state index contributed by atoms with van der Waals surface area (Å²) in [5, 5.41) is 8.44. The van der Waals surface area contributed by atoms with Gasteiger partial charge < -0.3 is 0 Å². The lowest BCUT2D eigenvalue weighted by Crippen LogP contribution is -2.28. The van der Waals surface area contributed by atoms with Crippen LogP contribution in [-0.2, 0) is 0 Å². The summed E-state index contributed by atoms with van der Waals surface area (Å²) in [6.07, 6.45) is 4.50. The van der Waals surface area contributed by atoms with Gasteiger partial charge in [-0.25, -0.2) is 0 Å². The number of nitriles is 1. The van der Waals surface area contributed by atoms with Gasteiger partial charge in [-0.15, -0.1) is 11.6 Å². The van der Waals surface area contributed by atoms with Crippen molar-refractivity contribution >= 4 is 11.6 Å². The third kappa shape index (κ3) is 5.17. The van der Waals surface area contributed by atoms with E-state index >= 15 is 0 Å². The van der Waals surface area contributed by atoms with Gasteiger partial charge in [0, 0.05) is 18.5 Å².